The molecule has 0 spiro atoms. The number of aromatic nitrogens is 1. The largest absolute Gasteiger partial charge is 0.409 e. The van der Waals surface area contributed by atoms with Crippen molar-refractivity contribution >= 4 is 43.5 Å². The summed E-state index contributed by atoms with van der Waals surface area (Å²) in [7, 11) is 0. The minimum atomic E-state index is 0.244. The third-order valence-corrected chi connectivity index (χ3v) is 3.80. The predicted molar refractivity (Wildman–Crippen MR) is 78.0 cm³/mol. The number of halogens is 2. The van der Waals surface area contributed by atoms with Gasteiger partial charge >= 0.3 is 0 Å². The van der Waals surface area contributed by atoms with Crippen LogP contribution in [0.15, 0.2) is 26.4 Å². The number of anilines is 1. The molecule has 1 aliphatic rings. The number of hydrogen-bond acceptors (Lipinski definition) is 4. The molecule has 0 bridgehead atoms. The summed E-state index contributed by atoms with van der Waals surface area (Å²) >= 11 is 6.91. The molecule has 0 amide bonds. The Bertz CT molecular complexity index is 462. The van der Waals surface area contributed by atoms with Crippen LogP contribution in [0.3, 0.4) is 0 Å². The molecule has 1 heterocycles. The summed E-state index contributed by atoms with van der Waals surface area (Å²) in [6.07, 6.45) is 4.64. The lowest BCUT2D eigenvalue weighted by Crippen LogP contribution is -2.31. The fourth-order valence-electron chi connectivity index (χ4n) is 1.75. The monoisotopic (exact) mass is 376 g/mol. The predicted octanol–water partition coefficient (Wildman–Crippen LogP) is 2.71. The van der Waals surface area contributed by atoms with Gasteiger partial charge in [0.1, 0.15) is 11.7 Å². The second-order valence-electron chi connectivity index (χ2n) is 4.22. The molecule has 1 aromatic rings. The Kier molecular flexibility index (Phi) is 4.45. The molecule has 1 aromatic heterocycles. The van der Waals surface area contributed by atoms with E-state index in [0.717, 1.165) is 14.8 Å². The normalized spacial score (nSPS) is 15.8. The maximum atomic E-state index is 8.58. The van der Waals surface area contributed by atoms with Crippen LogP contribution in [0.2, 0.25) is 0 Å². The molecule has 5 nitrogen and oxygen atoms in total. The zero-order valence-corrected chi connectivity index (χ0v) is 12.9. The first kappa shape index (κ1) is 13.6. The van der Waals surface area contributed by atoms with Crippen LogP contribution in [0.5, 0.6) is 0 Å². The van der Waals surface area contributed by atoms with Gasteiger partial charge in [-0.15, -0.1) is 0 Å². The Hall–Kier alpha value is -0.820. The van der Waals surface area contributed by atoms with Gasteiger partial charge in [0.15, 0.2) is 0 Å². The summed E-state index contributed by atoms with van der Waals surface area (Å²) in [6, 6.07) is 2.49. The van der Waals surface area contributed by atoms with E-state index < -0.39 is 0 Å². The molecule has 0 unspecified atom stereocenters. The molecule has 0 atom stereocenters. The molecular weight excluding hydrogens is 364 g/mol. The van der Waals surface area contributed by atoms with Crippen molar-refractivity contribution in [1.29, 1.82) is 0 Å². The van der Waals surface area contributed by atoms with Gasteiger partial charge in [0.25, 0.3) is 0 Å². The van der Waals surface area contributed by atoms with Gasteiger partial charge in [0.2, 0.25) is 0 Å². The third kappa shape index (κ3) is 3.35. The minimum Gasteiger partial charge on any atom is -0.409 e. The topological polar surface area (TPSA) is 74.7 Å². The van der Waals surface area contributed by atoms with Gasteiger partial charge in [-0.05, 0) is 50.8 Å². The zero-order valence-electron chi connectivity index (χ0n) is 9.68. The first-order valence-electron chi connectivity index (χ1n) is 5.66. The highest BCUT2D eigenvalue weighted by molar-refractivity contribution is 9.11. The summed E-state index contributed by atoms with van der Waals surface area (Å²) in [6.45, 7) is 0.702. The second kappa shape index (κ2) is 5.88. The second-order valence-corrected chi connectivity index (χ2v) is 5.99. The molecule has 0 saturated heterocycles. The number of nitrogens with zero attached hydrogens (tertiary/aromatic N) is 3. The molecule has 3 N–H and O–H groups in total. The van der Waals surface area contributed by atoms with Gasteiger partial charge in [-0.1, -0.05) is 5.16 Å². The van der Waals surface area contributed by atoms with Gasteiger partial charge in [-0.2, -0.15) is 0 Å². The van der Waals surface area contributed by atoms with E-state index >= 15 is 0 Å². The van der Waals surface area contributed by atoms with E-state index in [-0.39, 0.29) is 5.84 Å². The first-order valence-corrected chi connectivity index (χ1v) is 7.24. The van der Waals surface area contributed by atoms with Crippen LogP contribution in [-0.2, 0) is 0 Å². The minimum absolute atomic E-state index is 0.244. The molecule has 0 radical (unpaired) electrons. The standard InChI is InChI=1S/C11H14Br2N4O/c12-7-5-9(13)11(15-6-7)17(8-1-2-8)4-3-10(14)16-18/h5-6,8,18H,1-4H2,(H2,14,16). The zero-order chi connectivity index (χ0) is 13.1. The fraction of sp³-hybridized carbons (Fsp3) is 0.455. The van der Waals surface area contributed by atoms with Crippen LogP contribution in [0.25, 0.3) is 0 Å². The number of nitrogens with two attached hydrogens (primary N) is 1. The Morgan fingerprint density at radius 2 is 2.28 bits per heavy atom. The number of pyridine rings is 1. The number of amidine groups is 1. The van der Waals surface area contributed by atoms with Crippen LogP contribution in [0.4, 0.5) is 5.82 Å². The number of hydrogen-bond donors (Lipinski definition) is 2. The van der Waals surface area contributed by atoms with Crippen LogP contribution < -0.4 is 10.6 Å². The quantitative estimate of drug-likeness (QED) is 0.358. The highest BCUT2D eigenvalue weighted by Gasteiger charge is 2.31. The summed E-state index contributed by atoms with van der Waals surface area (Å²) < 4.78 is 1.88. The van der Waals surface area contributed by atoms with E-state index in [4.69, 9.17) is 10.9 Å². The molecule has 18 heavy (non-hydrogen) atoms. The third-order valence-electron chi connectivity index (χ3n) is 2.79. The van der Waals surface area contributed by atoms with E-state index in [2.05, 4.69) is 46.9 Å². The summed E-state index contributed by atoms with van der Waals surface area (Å²) in [5.41, 5.74) is 5.52. The number of oxime groups is 1. The maximum Gasteiger partial charge on any atom is 0.143 e. The molecule has 0 aliphatic heterocycles. The van der Waals surface area contributed by atoms with E-state index in [9.17, 15) is 0 Å². The average Bonchev–Trinajstić information content (AvgIpc) is 3.15. The lowest BCUT2D eigenvalue weighted by molar-refractivity contribution is 0.317. The van der Waals surface area contributed by atoms with Crippen LogP contribution >= 0.6 is 31.9 Å². The van der Waals surface area contributed by atoms with Crippen molar-refractivity contribution in [2.45, 2.75) is 25.3 Å². The van der Waals surface area contributed by atoms with E-state index in [1.165, 1.54) is 12.8 Å². The molecule has 7 heteroatoms. The Morgan fingerprint density at radius 1 is 1.56 bits per heavy atom. The van der Waals surface area contributed by atoms with Crippen molar-refractivity contribution in [1.82, 2.24) is 4.98 Å². The molecule has 1 saturated carbocycles. The van der Waals surface area contributed by atoms with E-state index in [0.29, 0.717) is 19.0 Å². The lowest BCUT2D eigenvalue weighted by atomic mass is 10.3. The van der Waals surface area contributed by atoms with E-state index in [1.807, 2.05) is 6.07 Å². The number of rotatable bonds is 5. The molecule has 98 valence electrons. The molecular formula is C11H14Br2N4O. The molecule has 1 fully saturated rings. The molecule has 0 aromatic carbocycles. The fourth-order valence-corrected chi connectivity index (χ4v) is 2.97. The Morgan fingerprint density at radius 3 is 2.83 bits per heavy atom. The maximum absolute atomic E-state index is 8.58. The van der Waals surface area contributed by atoms with Crippen molar-refractivity contribution in [3.63, 3.8) is 0 Å². The Labute approximate surface area is 122 Å². The van der Waals surface area contributed by atoms with Crippen LogP contribution in [0, 0.1) is 0 Å². The highest BCUT2D eigenvalue weighted by atomic mass is 79.9. The summed E-state index contributed by atoms with van der Waals surface area (Å²) in [4.78, 5) is 6.64. The van der Waals surface area contributed by atoms with Crippen molar-refractivity contribution in [2.75, 3.05) is 11.4 Å². The summed E-state index contributed by atoms with van der Waals surface area (Å²) in [5.74, 6) is 1.15. The van der Waals surface area contributed by atoms with Crippen molar-refractivity contribution < 1.29 is 5.21 Å². The van der Waals surface area contributed by atoms with Crippen molar-refractivity contribution in [3.8, 4) is 0 Å². The smallest absolute Gasteiger partial charge is 0.143 e. The van der Waals surface area contributed by atoms with Gasteiger partial charge < -0.3 is 15.8 Å². The van der Waals surface area contributed by atoms with Crippen molar-refractivity contribution in [2.24, 2.45) is 10.9 Å². The van der Waals surface area contributed by atoms with E-state index in [1.54, 1.807) is 6.20 Å². The molecule has 1 aliphatic carbocycles. The highest BCUT2D eigenvalue weighted by Crippen LogP contribution is 2.35. The average molecular weight is 378 g/mol. The van der Waals surface area contributed by atoms with Gasteiger partial charge in [-0.25, -0.2) is 4.98 Å². The van der Waals surface area contributed by atoms with Gasteiger partial charge in [0, 0.05) is 29.7 Å². The van der Waals surface area contributed by atoms with Gasteiger partial charge in [0.05, 0.1) is 4.47 Å². The van der Waals surface area contributed by atoms with Crippen molar-refractivity contribution in [3.05, 3.63) is 21.2 Å². The van der Waals surface area contributed by atoms with Gasteiger partial charge in [-0.3, -0.25) is 0 Å². The molecule has 2 rings (SSSR count). The van der Waals surface area contributed by atoms with Crippen LogP contribution in [-0.4, -0.2) is 28.6 Å². The summed E-state index contributed by atoms with van der Waals surface area (Å²) in [5, 5.41) is 11.6. The Balaban J connectivity index is 2.14. The SMILES string of the molecule is NC(CCN(c1ncc(Br)cc1Br)C1CC1)=NO. The lowest BCUT2D eigenvalue weighted by Gasteiger charge is -2.24. The van der Waals surface area contributed by atoms with Crippen LogP contribution in [0.1, 0.15) is 19.3 Å². The first-order chi connectivity index (χ1) is 8.61.